The zero-order valence-electron chi connectivity index (χ0n) is 9.17. The highest BCUT2D eigenvalue weighted by Gasteiger charge is 2.15. The quantitative estimate of drug-likeness (QED) is 0.773. The summed E-state index contributed by atoms with van der Waals surface area (Å²) in [5, 5.41) is 3.44. The third-order valence-corrected chi connectivity index (χ3v) is 2.14. The minimum atomic E-state index is 0.114. The molecule has 0 radical (unpaired) electrons. The van der Waals surface area contributed by atoms with Gasteiger partial charge in [0.1, 0.15) is 5.82 Å². The summed E-state index contributed by atoms with van der Waals surface area (Å²) in [4.78, 5) is 3.95. The van der Waals surface area contributed by atoms with Gasteiger partial charge in [0.05, 0.1) is 0 Å². The first kappa shape index (κ1) is 10.8. The molecule has 3 N–H and O–H groups in total. The van der Waals surface area contributed by atoms with Gasteiger partial charge in [-0.25, -0.2) is 4.98 Å². The summed E-state index contributed by atoms with van der Waals surface area (Å²) in [5.41, 5.74) is 6.75. The average molecular weight is 193 g/mol. The summed E-state index contributed by atoms with van der Waals surface area (Å²) in [6.07, 6.45) is 4.02. The van der Waals surface area contributed by atoms with Crippen molar-refractivity contribution in [2.75, 3.05) is 11.1 Å². The number of nitrogen functional groups attached to an aromatic ring is 1. The Hall–Kier alpha value is -1.25. The van der Waals surface area contributed by atoms with E-state index < -0.39 is 0 Å². The second-order valence-corrected chi connectivity index (χ2v) is 4.23. The molecule has 0 aromatic carbocycles. The third kappa shape index (κ3) is 3.24. The molecular formula is C11H19N3. The summed E-state index contributed by atoms with van der Waals surface area (Å²) in [6.45, 7) is 6.56. The minimum absolute atomic E-state index is 0.114. The van der Waals surface area contributed by atoms with E-state index in [2.05, 4.69) is 31.1 Å². The summed E-state index contributed by atoms with van der Waals surface area (Å²) in [7, 11) is 0. The van der Waals surface area contributed by atoms with Crippen molar-refractivity contribution in [1.29, 1.82) is 0 Å². The van der Waals surface area contributed by atoms with Crippen molar-refractivity contribution in [3.63, 3.8) is 0 Å². The van der Waals surface area contributed by atoms with Gasteiger partial charge in [0.25, 0.3) is 0 Å². The first-order chi connectivity index (χ1) is 6.53. The van der Waals surface area contributed by atoms with Crippen molar-refractivity contribution in [2.24, 2.45) is 0 Å². The Bertz CT molecular complexity index is 294. The number of anilines is 2. The van der Waals surface area contributed by atoms with Crippen LogP contribution in [0.2, 0.25) is 0 Å². The van der Waals surface area contributed by atoms with Crippen molar-refractivity contribution in [3.05, 3.63) is 18.3 Å². The lowest BCUT2D eigenvalue weighted by atomic mass is 9.98. The molecule has 0 aliphatic heterocycles. The Morgan fingerprint density at radius 1 is 1.50 bits per heavy atom. The van der Waals surface area contributed by atoms with Crippen LogP contribution in [0.15, 0.2) is 18.3 Å². The summed E-state index contributed by atoms with van der Waals surface area (Å²) >= 11 is 0. The normalized spacial score (nSPS) is 11.4. The first-order valence-electron chi connectivity index (χ1n) is 5.03. The van der Waals surface area contributed by atoms with Crippen LogP contribution in [0.25, 0.3) is 0 Å². The third-order valence-electron chi connectivity index (χ3n) is 2.14. The molecule has 0 aliphatic carbocycles. The van der Waals surface area contributed by atoms with Gasteiger partial charge in [-0.2, -0.15) is 0 Å². The number of hydrogen-bond donors (Lipinski definition) is 2. The number of nitrogens with zero attached hydrogens (tertiary/aromatic N) is 1. The van der Waals surface area contributed by atoms with E-state index in [1.807, 2.05) is 12.1 Å². The van der Waals surface area contributed by atoms with Gasteiger partial charge in [-0.1, -0.05) is 13.3 Å². The fourth-order valence-electron chi connectivity index (χ4n) is 1.60. The molecule has 1 aromatic rings. The average Bonchev–Trinajstić information content (AvgIpc) is 2.02. The maximum absolute atomic E-state index is 5.60. The molecule has 0 spiro atoms. The van der Waals surface area contributed by atoms with Gasteiger partial charge < -0.3 is 11.1 Å². The number of nitrogens with one attached hydrogen (secondary N) is 1. The molecule has 14 heavy (non-hydrogen) atoms. The lowest BCUT2D eigenvalue weighted by Crippen LogP contribution is -2.30. The van der Waals surface area contributed by atoms with Gasteiger partial charge in [-0.15, -0.1) is 0 Å². The number of aromatic nitrogens is 1. The smallest absolute Gasteiger partial charge is 0.125 e. The van der Waals surface area contributed by atoms with Crippen LogP contribution < -0.4 is 11.1 Å². The van der Waals surface area contributed by atoms with Crippen LogP contribution in [0.1, 0.15) is 33.6 Å². The van der Waals surface area contributed by atoms with E-state index in [0.717, 1.165) is 12.1 Å². The van der Waals surface area contributed by atoms with Crippen molar-refractivity contribution >= 4 is 11.5 Å². The Labute approximate surface area is 85.7 Å². The van der Waals surface area contributed by atoms with E-state index in [-0.39, 0.29) is 5.54 Å². The molecule has 0 unspecified atom stereocenters. The molecule has 0 amide bonds. The Kier molecular flexibility index (Phi) is 3.33. The molecule has 3 heteroatoms. The zero-order chi connectivity index (χ0) is 10.6. The Morgan fingerprint density at radius 2 is 2.21 bits per heavy atom. The molecule has 1 rings (SSSR count). The fourth-order valence-corrected chi connectivity index (χ4v) is 1.60. The van der Waals surface area contributed by atoms with Gasteiger partial charge >= 0.3 is 0 Å². The van der Waals surface area contributed by atoms with Gasteiger partial charge in [0.2, 0.25) is 0 Å². The molecule has 0 saturated carbocycles. The van der Waals surface area contributed by atoms with E-state index >= 15 is 0 Å². The van der Waals surface area contributed by atoms with E-state index in [1.54, 1.807) is 6.20 Å². The minimum Gasteiger partial charge on any atom is -0.384 e. The van der Waals surface area contributed by atoms with Crippen LogP contribution in [0.4, 0.5) is 11.5 Å². The van der Waals surface area contributed by atoms with Crippen molar-refractivity contribution < 1.29 is 0 Å². The van der Waals surface area contributed by atoms with E-state index in [1.165, 1.54) is 6.42 Å². The SMILES string of the molecule is CCCC(C)(C)Nc1ccnc(N)c1. The van der Waals surface area contributed by atoms with Crippen LogP contribution in [0, 0.1) is 0 Å². The van der Waals surface area contributed by atoms with Crippen LogP contribution in [0.5, 0.6) is 0 Å². The molecule has 3 nitrogen and oxygen atoms in total. The molecular weight excluding hydrogens is 174 g/mol. The lowest BCUT2D eigenvalue weighted by molar-refractivity contribution is 0.511. The maximum atomic E-state index is 5.60. The Balaban J connectivity index is 2.68. The maximum Gasteiger partial charge on any atom is 0.125 e. The van der Waals surface area contributed by atoms with Crippen molar-refractivity contribution in [3.8, 4) is 0 Å². The second kappa shape index (κ2) is 4.31. The van der Waals surface area contributed by atoms with Crippen LogP contribution in [-0.4, -0.2) is 10.5 Å². The van der Waals surface area contributed by atoms with Crippen molar-refractivity contribution in [2.45, 2.75) is 39.2 Å². The molecule has 78 valence electrons. The van der Waals surface area contributed by atoms with Gasteiger partial charge in [-0.05, 0) is 26.3 Å². The predicted octanol–water partition coefficient (Wildman–Crippen LogP) is 2.65. The zero-order valence-corrected chi connectivity index (χ0v) is 9.17. The summed E-state index contributed by atoms with van der Waals surface area (Å²) in [6, 6.07) is 3.80. The van der Waals surface area contributed by atoms with E-state index in [4.69, 9.17) is 5.73 Å². The molecule has 0 saturated heterocycles. The highest BCUT2D eigenvalue weighted by atomic mass is 15.0. The van der Waals surface area contributed by atoms with Crippen LogP contribution >= 0.6 is 0 Å². The molecule has 0 bridgehead atoms. The summed E-state index contributed by atoms with van der Waals surface area (Å²) < 4.78 is 0. The highest BCUT2D eigenvalue weighted by molar-refractivity contribution is 5.51. The highest BCUT2D eigenvalue weighted by Crippen LogP contribution is 2.19. The number of rotatable bonds is 4. The number of pyridine rings is 1. The van der Waals surface area contributed by atoms with Crippen LogP contribution in [0.3, 0.4) is 0 Å². The molecule has 0 aliphatic rings. The van der Waals surface area contributed by atoms with Gasteiger partial charge in [-0.3, -0.25) is 0 Å². The molecule has 0 fully saturated rings. The van der Waals surface area contributed by atoms with Crippen LogP contribution in [-0.2, 0) is 0 Å². The standard InChI is InChI=1S/C11H19N3/c1-4-6-11(2,3)14-9-5-7-13-10(12)8-9/h5,7-8H,4,6H2,1-3H3,(H3,12,13,14). The monoisotopic (exact) mass is 193 g/mol. The number of nitrogens with two attached hydrogens (primary N) is 1. The van der Waals surface area contributed by atoms with Gasteiger partial charge in [0.15, 0.2) is 0 Å². The number of hydrogen-bond acceptors (Lipinski definition) is 3. The van der Waals surface area contributed by atoms with E-state index in [0.29, 0.717) is 5.82 Å². The van der Waals surface area contributed by atoms with E-state index in [9.17, 15) is 0 Å². The lowest BCUT2D eigenvalue weighted by Gasteiger charge is -2.27. The summed E-state index contributed by atoms with van der Waals surface area (Å²) in [5.74, 6) is 0.558. The fraction of sp³-hybridized carbons (Fsp3) is 0.545. The first-order valence-corrected chi connectivity index (χ1v) is 5.03. The largest absolute Gasteiger partial charge is 0.384 e. The topological polar surface area (TPSA) is 50.9 Å². The predicted molar refractivity (Wildman–Crippen MR) is 61.3 cm³/mol. The second-order valence-electron chi connectivity index (χ2n) is 4.23. The molecule has 1 aromatic heterocycles. The molecule has 0 atom stereocenters. The Morgan fingerprint density at radius 3 is 2.79 bits per heavy atom. The van der Waals surface area contributed by atoms with Gasteiger partial charge in [0, 0.05) is 23.5 Å². The van der Waals surface area contributed by atoms with Crippen molar-refractivity contribution in [1.82, 2.24) is 4.98 Å². The molecule has 1 heterocycles.